The first-order chi connectivity index (χ1) is 12.1. The molecule has 0 unspecified atom stereocenters. The molecule has 1 heterocycles. The molecule has 2 fully saturated rings. The molecule has 1 N–H and O–H groups in total. The number of benzene rings is 1. The van der Waals surface area contributed by atoms with Crippen molar-refractivity contribution in [2.45, 2.75) is 51.1 Å². The van der Waals surface area contributed by atoms with Crippen LogP contribution in [0, 0.1) is 0 Å². The Balaban J connectivity index is 1.45. The van der Waals surface area contributed by atoms with E-state index in [1.165, 1.54) is 0 Å². The molecule has 1 aliphatic carbocycles. The minimum atomic E-state index is -0.509. The maximum absolute atomic E-state index is 12.0. The SMILES string of the molecule is O=C(COC(=O)c1ccc(CN2CCCC2=O)cc1)NC1CCCC1. The van der Waals surface area contributed by atoms with Crippen molar-refractivity contribution in [1.82, 2.24) is 10.2 Å². The Hall–Kier alpha value is -2.37. The molecule has 6 nitrogen and oxygen atoms in total. The molecule has 0 bridgehead atoms. The van der Waals surface area contributed by atoms with Crippen LogP contribution < -0.4 is 5.32 Å². The van der Waals surface area contributed by atoms with Gasteiger partial charge in [0.25, 0.3) is 5.91 Å². The lowest BCUT2D eigenvalue weighted by atomic mass is 10.1. The van der Waals surface area contributed by atoms with Gasteiger partial charge in [0.15, 0.2) is 6.61 Å². The summed E-state index contributed by atoms with van der Waals surface area (Å²) in [4.78, 5) is 37.3. The van der Waals surface area contributed by atoms with Crippen molar-refractivity contribution >= 4 is 17.8 Å². The standard InChI is InChI=1S/C19H24N2O4/c22-17(20-16-4-1-2-5-16)13-25-19(24)15-9-7-14(8-10-15)12-21-11-3-6-18(21)23/h7-10,16H,1-6,11-13H2,(H,20,22). The third-order valence-electron chi connectivity index (χ3n) is 4.79. The lowest BCUT2D eigenvalue weighted by Crippen LogP contribution is -2.35. The van der Waals surface area contributed by atoms with Gasteiger partial charge in [-0.15, -0.1) is 0 Å². The third kappa shape index (κ3) is 4.81. The number of likely N-dealkylation sites (tertiary alicyclic amines) is 1. The molecule has 6 heteroatoms. The fourth-order valence-electron chi connectivity index (χ4n) is 3.39. The summed E-state index contributed by atoms with van der Waals surface area (Å²) in [6.07, 6.45) is 5.81. The number of hydrogen-bond acceptors (Lipinski definition) is 4. The monoisotopic (exact) mass is 344 g/mol. The van der Waals surface area contributed by atoms with Gasteiger partial charge in [0, 0.05) is 25.6 Å². The predicted molar refractivity (Wildman–Crippen MR) is 91.8 cm³/mol. The first-order valence-electron chi connectivity index (χ1n) is 8.95. The normalized spacial score (nSPS) is 17.8. The highest BCUT2D eigenvalue weighted by atomic mass is 16.5. The molecular formula is C19H24N2O4. The summed E-state index contributed by atoms with van der Waals surface area (Å²) in [5.74, 6) is -0.577. The van der Waals surface area contributed by atoms with Gasteiger partial charge < -0.3 is 15.0 Å². The van der Waals surface area contributed by atoms with Crippen LogP contribution in [0.4, 0.5) is 0 Å². The molecule has 0 atom stereocenters. The van der Waals surface area contributed by atoms with Crippen molar-refractivity contribution in [2.24, 2.45) is 0 Å². The van der Waals surface area contributed by atoms with E-state index in [1.807, 2.05) is 17.0 Å². The Kier molecular flexibility index (Phi) is 5.68. The van der Waals surface area contributed by atoms with Gasteiger partial charge >= 0.3 is 5.97 Å². The van der Waals surface area contributed by atoms with Gasteiger partial charge in [0.05, 0.1) is 5.56 Å². The first-order valence-corrected chi connectivity index (χ1v) is 8.95. The van der Waals surface area contributed by atoms with E-state index >= 15 is 0 Å². The van der Waals surface area contributed by atoms with Crippen LogP contribution in [-0.4, -0.2) is 41.9 Å². The molecule has 1 saturated carbocycles. The zero-order valence-electron chi connectivity index (χ0n) is 14.3. The van der Waals surface area contributed by atoms with Gasteiger partial charge in [-0.2, -0.15) is 0 Å². The Morgan fingerprint density at radius 3 is 2.48 bits per heavy atom. The van der Waals surface area contributed by atoms with E-state index < -0.39 is 5.97 Å². The highest BCUT2D eigenvalue weighted by molar-refractivity contribution is 5.91. The van der Waals surface area contributed by atoms with Crippen LogP contribution in [0.2, 0.25) is 0 Å². The third-order valence-corrected chi connectivity index (χ3v) is 4.79. The summed E-state index contributed by atoms with van der Waals surface area (Å²) in [7, 11) is 0. The molecule has 0 spiro atoms. The van der Waals surface area contributed by atoms with E-state index in [0.717, 1.165) is 44.2 Å². The van der Waals surface area contributed by atoms with Crippen molar-refractivity contribution in [3.63, 3.8) is 0 Å². The minimum Gasteiger partial charge on any atom is -0.452 e. The van der Waals surface area contributed by atoms with Crippen LogP contribution in [0.3, 0.4) is 0 Å². The summed E-state index contributed by atoms with van der Waals surface area (Å²) >= 11 is 0. The average Bonchev–Trinajstić information content (AvgIpc) is 3.26. The Morgan fingerprint density at radius 2 is 1.84 bits per heavy atom. The first kappa shape index (κ1) is 17.5. The number of esters is 1. The van der Waals surface area contributed by atoms with Gasteiger partial charge in [-0.1, -0.05) is 25.0 Å². The molecule has 25 heavy (non-hydrogen) atoms. The lowest BCUT2D eigenvalue weighted by Gasteiger charge is -2.15. The molecule has 134 valence electrons. The lowest BCUT2D eigenvalue weighted by molar-refractivity contribution is -0.128. The van der Waals surface area contributed by atoms with Gasteiger partial charge in [0.1, 0.15) is 0 Å². The van der Waals surface area contributed by atoms with Crippen molar-refractivity contribution < 1.29 is 19.1 Å². The minimum absolute atomic E-state index is 0.178. The number of nitrogens with zero attached hydrogens (tertiary/aromatic N) is 1. The number of carbonyl (C=O) groups is 3. The second kappa shape index (κ2) is 8.14. The quantitative estimate of drug-likeness (QED) is 0.801. The van der Waals surface area contributed by atoms with E-state index in [1.54, 1.807) is 12.1 Å². The molecule has 1 saturated heterocycles. The summed E-state index contributed by atoms with van der Waals surface area (Å²) < 4.78 is 5.08. The van der Waals surface area contributed by atoms with E-state index in [9.17, 15) is 14.4 Å². The van der Waals surface area contributed by atoms with Crippen LogP contribution in [0.15, 0.2) is 24.3 Å². The second-order valence-corrected chi connectivity index (χ2v) is 6.74. The van der Waals surface area contributed by atoms with Crippen LogP contribution in [0.5, 0.6) is 0 Å². The smallest absolute Gasteiger partial charge is 0.338 e. The zero-order chi connectivity index (χ0) is 17.6. The van der Waals surface area contributed by atoms with Gasteiger partial charge in [-0.05, 0) is 37.0 Å². The predicted octanol–water partition coefficient (Wildman–Crippen LogP) is 2.02. The molecule has 0 aromatic heterocycles. The van der Waals surface area contributed by atoms with E-state index in [0.29, 0.717) is 18.5 Å². The largest absolute Gasteiger partial charge is 0.452 e. The number of amides is 2. The van der Waals surface area contributed by atoms with Gasteiger partial charge in [-0.3, -0.25) is 9.59 Å². The maximum Gasteiger partial charge on any atom is 0.338 e. The highest BCUT2D eigenvalue weighted by Crippen LogP contribution is 2.17. The van der Waals surface area contributed by atoms with Gasteiger partial charge in [0.2, 0.25) is 5.91 Å². The van der Waals surface area contributed by atoms with Crippen LogP contribution in [-0.2, 0) is 20.9 Å². The fourth-order valence-corrected chi connectivity index (χ4v) is 3.39. The number of nitrogens with one attached hydrogen (secondary N) is 1. The van der Waals surface area contributed by atoms with E-state index in [4.69, 9.17) is 4.74 Å². The molecule has 1 aliphatic heterocycles. The highest BCUT2D eigenvalue weighted by Gasteiger charge is 2.20. The zero-order valence-corrected chi connectivity index (χ0v) is 14.3. The molecule has 2 aliphatic rings. The van der Waals surface area contributed by atoms with E-state index in [-0.39, 0.29) is 24.5 Å². The van der Waals surface area contributed by atoms with Crippen molar-refractivity contribution in [2.75, 3.05) is 13.2 Å². The van der Waals surface area contributed by atoms with Crippen molar-refractivity contribution in [1.29, 1.82) is 0 Å². The molecular weight excluding hydrogens is 320 g/mol. The molecule has 3 rings (SSSR count). The Morgan fingerprint density at radius 1 is 1.12 bits per heavy atom. The Bertz CT molecular complexity index is 635. The molecule has 1 aromatic carbocycles. The van der Waals surface area contributed by atoms with Crippen molar-refractivity contribution in [3.8, 4) is 0 Å². The molecule has 0 radical (unpaired) electrons. The molecule has 1 aromatic rings. The molecule has 2 amide bonds. The summed E-state index contributed by atoms with van der Waals surface area (Å²) in [6.45, 7) is 1.11. The number of rotatable bonds is 6. The average molecular weight is 344 g/mol. The number of carbonyl (C=O) groups excluding carboxylic acids is 3. The summed E-state index contributed by atoms with van der Waals surface area (Å²) in [5, 5.41) is 2.89. The van der Waals surface area contributed by atoms with Crippen LogP contribution >= 0.6 is 0 Å². The number of hydrogen-bond donors (Lipinski definition) is 1. The van der Waals surface area contributed by atoms with Crippen LogP contribution in [0.25, 0.3) is 0 Å². The summed E-state index contributed by atoms with van der Waals surface area (Å²) in [6, 6.07) is 7.21. The second-order valence-electron chi connectivity index (χ2n) is 6.74. The van der Waals surface area contributed by atoms with Crippen molar-refractivity contribution in [3.05, 3.63) is 35.4 Å². The van der Waals surface area contributed by atoms with Gasteiger partial charge in [-0.25, -0.2) is 4.79 Å². The maximum atomic E-state index is 12.0. The number of ether oxygens (including phenoxy) is 1. The van der Waals surface area contributed by atoms with E-state index in [2.05, 4.69) is 5.32 Å². The topological polar surface area (TPSA) is 75.7 Å². The summed E-state index contributed by atoms with van der Waals surface area (Å²) in [5.41, 5.74) is 1.39. The Labute approximate surface area is 147 Å². The fraction of sp³-hybridized carbons (Fsp3) is 0.526. The van der Waals surface area contributed by atoms with Crippen LogP contribution in [0.1, 0.15) is 54.4 Å².